The van der Waals surface area contributed by atoms with Gasteiger partial charge in [-0.3, -0.25) is 0 Å². The highest BCUT2D eigenvalue weighted by Gasteiger charge is 2.14. The van der Waals surface area contributed by atoms with Crippen LogP contribution in [0.4, 0.5) is 4.39 Å². The first-order valence-electron chi connectivity index (χ1n) is 10.5. The molecule has 0 aliphatic heterocycles. The third kappa shape index (κ3) is 5.00. The Morgan fingerprint density at radius 3 is 2.55 bits per heavy atom. The van der Waals surface area contributed by atoms with Gasteiger partial charge in [-0.1, -0.05) is 72.3 Å². The molecule has 0 heterocycles. The Hall–Kier alpha value is -3.81. The number of hydrogen-bond donors (Lipinski definition) is 0. The first-order chi connectivity index (χ1) is 16.1. The fourth-order valence-corrected chi connectivity index (χ4v) is 3.93. The van der Waals surface area contributed by atoms with Crippen molar-refractivity contribution in [3.05, 3.63) is 106 Å². The summed E-state index contributed by atoms with van der Waals surface area (Å²) in [5.41, 5.74) is 2.06. The minimum Gasteiger partial charge on any atom is -0.490 e. The Kier molecular flexibility index (Phi) is 6.92. The van der Waals surface area contributed by atoms with E-state index in [4.69, 9.17) is 21.1 Å². The summed E-state index contributed by atoms with van der Waals surface area (Å²) in [5, 5.41) is 12.2. The molecule has 0 bridgehead atoms. The van der Waals surface area contributed by atoms with Gasteiger partial charge in [0, 0.05) is 5.56 Å². The van der Waals surface area contributed by atoms with Crippen molar-refractivity contribution in [3.8, 4) is 17.6 Å². The van der Waals surface area contributed by atoms with E-state index in [2.05, 4.69) is 24.3 Å². The normalized spacial score (nSPS) is 11.3. The van der Waals surface area contributed by atoms with Gasteiger partial charge in [-0.2, -0.15) is 5.26 Å². The van der Waals surface area contributed by atoms with Gasteiger partial charge in [-0.15, -0.1) is 0 Å². The van der Waals surface area contributed by atoms with Crippen LogP contribution < -0.4 is 9.47 Å². The number of nitriles is 1. The first kappa shape index (κ1) is 22.4. The smallest absolute Gasteiger partial charge is 0.180 e. The molecule has 0 aliphatic carbocycles. The molecule has 0 fully saturated rings. The maximum atomic E-state index is 14.2. The number of rotatable bonds is 7. The van der Waals surface area contributed by atoms with Gasteiger partial charge < -0.3 is 9.47 Å². The summed E-state index contributed by atoms with van der Waals surface area (Å²) in [6, 6.07) is 25.8. The molecule has 0 unspecified atom stereocenters. The van der Waals surface area contributed by atoms with Crippen LogP contribution >= 0.6 is 11.6 Å². The van der Waals surface area contributed by atoms with Crippen molar-refractivity contribution in [1.82, 2.24) is 0 Å². The predicted molar refractivity (Wildman–Crippen MR) is 131 cm³/mol. The number of hydrogen-bond acceptors (Lipinski definition) is 3. The second-order valence-electron chi connectivity index (χ2n) is 7.34. The predicted octanol–water partition coefficient (Wildman–Crippen LogP) is 7.67. The molecule has 0 aliphatic rings. The van der Waals surface area contributed by atoms with Crippen LogP contribution in [0.5, 0.6) is 11.5 Å². The summed E-state index contributed by atoms with van der Waals surface area (Å²) in [4.78, 5) is 0. The number of nitrogens with zero attached hydrogens (tertiary/aromatic N) is 1. The number of halogens is 2. The van der Waals surface area contributed by atoms with E-state index in [0.29, 0.717) is 35.3 Å². The summed E-state index contributed by atoms with van der Waals surface area (Å²) in [6.45, 7) is 2.59. The van der Waals surface area contributed by atoms with Gasteiger partial charge in [0.1, 0.15) is 12.4 Å². The van der Waals surface area contributed by atoms with Gasteiger partial charge in [0.25, 0.3) is 0 Å². The molecule has 5 heteroatoms. The summed E-state index contributed by atoms with van der Waals surface area (Å²) in [5.74, 6) is 0.423. The average molecular weight is 458 g/mol. The molecule has 0 aromatic heterocycles. The number of ether oxygens (including phenoxy) is 2. The molecule has 0 spiro atoms. The van der Waals surface area contributed by atoms with Crippen LogP contribution in [0.15, 0.2) is 78.9 Å². The molecule has 0 amide bonds. The lowest BCUT2D eigenvalue weighted by Gasteiger charge is -2.15. The fraction of sp³-hybridized carbons (Fsp3) is 0.107. The minimum atomic E-state index is -0.462. The van der Waals surface area contributed by atoms with Crippen LogP contribution in [-0.2, 0) is 6.61 Å². The number of benzene rings is 4. The average Bonchev–Trinajstić information content (AvgIpc) is 2.83. The molecule has 3 nitrogen and oxygen atoms in total. The minimum absolute atomic E-state index is 0.191. The Labute approximate surface area is 197 Å². The van der Waals surface area contributed by atoms with E-state index in [1.807, 2.05) is 31.2 Å². The Bertz CT molecular complexity index is 1370. The second kappa shape index (κ2) is 10.2. The van der Waals surface area contributed by atoms with Gasteiger partial charge in [0.05, 0.1) is 23.3 Å². The van der Waals surface area contributed by atoms with Gasteiger partial charge in [-0.25, -0.2) is 4.39 Å². The van der Waals surface area contributed by atoms with Crippen LogP contribution in [0.3, 0.4) is 0 Å². The molecular formula is C28H21ClFNO2. The van der Waals surface area contributed by atoms with Crippen LogP contribution in [0.1, 0.15) is 23.6 Å². The zero-order valence-electron chi connectivity index (χ0n) is 18.0. The highest BCUT2D eigenvalue weighted by Crippen LogP contribution is 2.38. The lowest BCUT2D eigenvalue weighted by molar-refractivity contribution is 0.270. The fourth-order valence-electron chi connectivity index (χ4n) is 3.66. The Morgan fingerprint density at radius 1 is 1.00 bits per heavy atom. The topological polar surface area (TPSA) is 42.2 Å². The van der Waals surface area contributed by atoms with Crippen molar-refractivity contribution in [2.75, 3.05) is 6.61 Å². The molecule has 0 saturated heterocycles. The summed E-state index contributed by atoms with van der Waals surface area (Å²) in [6.07, 6.45) is 1.58. The van der Waals surface area contributed by atoms with Crippen molar-refractivity contribution >= 4 is 34.0 Å². The Balaban J connectivity index is 1.67. The zero-order chi connectivity index (χ0) is 23.2. The van der Waals surface area contributed by atoms with Gasteiger partial charge >= 0.3 is 0 Å². The first-order valence-corrected chi connectivity index (χ1v) is 10.9. The van der Waals surface area contributed by atoms with Crippen LogP contribution in [0, 0.1) is 17.1 Å². The van der Waals surface area contributed by atoms with Crippen molar-refractivity contribution in [1.29, 1.82) is 5.26 Å². The van der Waals surface area contributed by atoms with E-state index in [1.54, 1.807) is 36.4 Å². The standard InChI is InChI=1S/C28H21ClFNO2/c1-2-32-27-16-19(14-22(17-31)24-12-5-6-13-26(24)30)15-25(29)28(27)33-18-21-10-7-9-20-8-3-4-11-23(20)21/h3-16H,2,18H2,1H3/b22-14-. The summed E-state index contributed by atoms with van der Waals surface area (Å²) < 4.78 is 26.1. The lowest BCUT2D eigenvalue weighted by Crippen LogP contribution is -2.01. The Morgan fingerprint density at radius 2 is 1.76 bits per heavy atom. The van der Waals surface area contributed by atoms with Gasteiger partial charge in [0.15, 0.2) is 11.5 Å². The third-order valence-corrected chi connectivity index (χ3v) is 5.46. The van der Waals surface area contributed by atoms with Gasteiger partial charge in [0.2, 0.25) is 0 Å². The van der Waals surface area contributed by atoms with Crippen molar-refractivity contribution in [2.24, 2.45) is 0 Å². The zero-order valence-corrected chi connectivity index (χ0v) is 18.8. The summed E-state index contributed by atoms with van der Waals surface area (Å²) in [7, 11) is 0. The van der Waals surface area contributed by atoms with E-state index in [1.165, 1.54) is 6.07 Å². The van der Waals surface area contributed by atoms with E-state index in [0.717, 1.165) is 16.3 Å². The molecule has 0 N–H and O–H groups in total. The highest BCUT2D eigenvalue weighted by atomic mass is 35.5. The van der Waals surface area contributed by atoms with E-state index in [9.17, 15) is 9.65 Å². The van der Waals surface area contributed by atoms with Crippen molar-refractivity contribution < 1.29 is 13.9 Å². The van der Waals surface area contributed by atoms with Crippen LogP contribution in [0.2, 0.25) is 5.02 Å². The molecule has 0 radical (unpaired) electrons. The monoisotopic (exact) mass is 457 g/mol. The maximum absolute atomic E-state index is 14.2. The molecule has 4 aromatic carbocycles. The number of allylic oxidation sites excluding steroid dienone is 1. The third-order valence-electron chi connectivity index (χ3n) is 5.18. The molecule has 164 valence electrons. The number of fused-ring (bicyclic) bond motifs is 1. The van der Waals surface area contributed by atoms with E-state index in [-0.39, 0.29) is 11.1 Å². The van der Waals surface area contributed by atoms with Crippen LogP contribution in [0.25, 0.3) is 22.4 Å². The van der Waals surface area contributed by atoms with E-state index >= 15 is 0 Å². The quantitative estimate of drug-likeness (QED) is 0.211. The SMILES string of the molecule is CCOc1cc(/C=C(/C#N)c2ccccc2F)cc(Cl)c1OCc1cccc2ccccc12. The van der Waals surface area contributed by atoms with Crippen molar-refractivity contribution in [2.45, 2.75) is 13.5 Å². The molecule has 4 rings (SSSR count). The lowest BCUT2D eigenvalue weighted by atomic mass is 10.0. The molecule has 0 saturated carbocycles. The molecule has 33 heavy (non-hydrogen) atoms. The molecule has 0 atom stereocenters. The summed E-state index contributed by atoms with van der Waals surface area (Å²) >= 11 is 6.57. The maximum Gasteiger partial charge on any atom is 0.180 e. The second-order valence-corrected chi connectivity index (χ2v) is 7.75. The van der Waals surface area contributed by atoms with Gasteiger partial charge in [-0.05, 0) is 53.1 Å². The largest absolute Gasteiger partial charge is 0.490 e. The highest BCUT2D eigenvalue weighted by molar-refractivity contribution is 6.32. The van der Waals surface area contributed by atoms with Crippen LogP contribution in [-0.4, -0.2) is 6.61 Å². The molecule has 4 aromatic rings. The van der Waals surface area contributed by atoms with E-state index < -0.39 is 5.82 Å². The van der Waals surface area contributed by atoms with Crippen molar-refractivity contribution in [3.63, 3.8) is 0 Å². The molecular weight excluding hydrogens is 437 g/mol.